The number of hydrogen-bond donors (Lipinski definition) is 1. The van der Waals surface area contributed by atoms with E-state index >= 15 is 0 Å². The molecule has 11 heteroatoms. The Hall–Kier alpha value is -5.03. The van der Waals surface area contributed by atoms with Crippen LogP contribution in [0.15, 0.2) is 91.0 Å². The van der Waals surface area contributed by atoms with Gasteiger partial charge in [-0.1, -0.05) is 68.4 Å². The Morgan fingerprint density at radius 3 is 1.62 bits per heavy atom. The van der Waals surface area contributed by atoms with Crippen molar-refractivity contribution < 1.29 is 52.8 Å². The fraction of sp³-hybridized carbons (Fsp3) is 0.439. The predicted octanol–water partition coefficient (Wildman–Crippen LogP) is 5.74. The maximum absolute atomic E-state index is 14.2. The molecule has 3 aliphatic carbocycles. The minimum Gasteiger partial charge on any atom is -0.465 e. The summed E-state index contributed by atoms with van der Waals surface area (Å²) in [5, 5.41) is 12.8. The van der Waals surface area contributed by atoms with Crippen molar-refractivity contribution in [1.29, 1.82) is 0 Å². The molecule has 3 fully saturated rings. The standard InChI is InChI=1S/C41H44O11/c1-25(42)48-24-40-30(50-35(44)27-15-9-6-10-16-27)21-22-39(5,47)41(40)23-38(3,4)31(33(41)49-26(2)43)32(51-36(45)28-17-11-7-12-18-28)34(40)52-37(46)29-19-13-8-14-20-29/h6-20,30-34,47H,21-24H2,1-5H3/t30-,31+,32+,33+,34+,39-,40-,41+/m0/s1. The molecule has 0 aliphatic heterocycles. The largest absolute Gasteiger partial charge is 0.465 e. The van der Waals surface area contributed by atoms with Crippen molar-refractivity contribution in [2.45, 2.75) is 83.9 Å². The number of carbonyl (C=O) groups is 5. The Bertz CT molecular complexity index is 1820. The molecule has 1 spiro atoms. The summed E-state index contributed by atoms with van der Waals surface area (Å²) < 4.78 is 31.4. The molecule has 1 N–H and O–H groups in total. The average molecular weight is 713 g/mol. The van der Waals surface area contributed by atoms with Gasteiger partial charge in [0.25, 0.3) is 0 Å². The molecule has 6 rings (SSSR count). The Kier molecular flexibility index (Phi) is 9.78. The number of fused-ring (bicyclic) bond motifs is 1. The second-order valence-corrected chi connectivity index (χ2v) is 15.0. The summed E-state index contributed by atoms with van der Waals surface area (Å²) in [5.41, 5.74) is -5.33. The third-order valence-electron chi connectivity index (χ3n) is 11.4. The number of aliphatic hydroxyl groups is 1. The van der Waals surface area contributed by atoms with E-state index in [-0.39, 0.29) is 36.0 Å². The molecule has 3 aliphatic rings. The molecule has 0 unspecified atom stereocenters. The Morgan fingerprint density at radius 2 is 1.13 bits per heavy atom. The molecule has 3 aromatic rings. The fourth-order valence-electron chi connectivity index (χ4n) is 9.44. The first kappa shape index (κ1) is 36.8. The Balaban J connectivity index is 1.65. The van der Waals surface area contributed by atoms with E-state index in [1.807, 2.05) is 13.8 Å². The fourth-order valence-corrected chi connectivity index (χ4v) is 9.44. The molecule has 3 saturated carbocycles. The quantitative estimate of drug-likeness (QED) is 0.214. The first-order chi connectivity index (χ1) is 24.6. The highest BCUT2D eigenvalue weighted by Crippen LogP contribution is 2.76. The molecule has 0 aromatic heterocycles. The summed E-state index contributed by atoms with van der Waals surface area (Å²) in [6, 6.07) is 24.8. The number of ether oxygens (including phenoxy) is 5. The van der Waals surface area contributed by atoms with Crippen LogP contribution in [-0.2, 0) is 33.3 Å². The number of rotatable bonds is 9. The van der Waals surface area contributed by atoms with Crippen molar-refractivity contribution >= 4 is 29.8 Å². The van der Waals surface area contributed by atoms with Crippen LogP contribution >= 0.6 is 0 Å². The summed E-state index contributed by atoms with van der Waals surface area (Å²) in [5.74, 6) is -4.45. The lowest BCUT2D eigenvalue weighted by Crippen LogP contribution is -2.79. The molecule has 11 nitrogen and oxygen atoms in total. The van der Waals surface area contributed by atoms with Gasteiger partial charge < -0.3 is 28.8 Å². The van der Waals surface area contributed by atoms with Crippen LogP contribution in [0.4, 0.5) is 0 Å². The van der Waals surface area contributed by atoms with Gasteiger partial charge in [-0.05, 0) is 68.0 Å². The Labute approximate surface area is 302 Å². The van der Waals surface area contributed by atoms with Crippen molar-refractivity contribution in [2.24, 2.45) is 22.2 Å². The summed E-state index contributed by atoms with van der Waals surface area (Å²) in [6.45, 7) is 7.33. The van der Waals surface area contributed by atoms with E-state index in [4.69, 9.17) is 23.7 Å². The zero-order valence-corrected chi connectivity index (χ0v) is 29.9. The van der Waals surface area contributed by atoms with Crippen LogP contribution in [0.2, 0.25) is 0 Å². The second kappa shape index (κ2) is 13.8. The van der Waals surface area contributed by atoms with Gasteiger partial charge in [0, 0.05) is 19.8 Å². The SMILES string of the molecule is CC(=O)OC[C@@]12[C@@H](OC(=O)c3ccccc3)CC[C@](C)(O)[C@]13CC(C)(C)[C@H]([C@@H](OC(=O)c1ccccc1)[C@H]2OC(=O)c1ccccc1)[C@H]3OC(C)=O. The van der Waals surface area contributed by atoms with E-state index in [0.29, 0.717) is 0 Å². The topological polar surface area (TPSA) is 152 Å². The van der Waals surface area contributed by atoms with Crippen LogP contribution in [0, 0.1) is 22.2 Å². The first-order valence-electron chi connectivity index (χ1n) is 17.5. The van der Waals surface area contributed by atoms with Crippen LogP contribution < -0.4 is 0 Å². The minimum absolute atomic E-state index is 0.0330. The van der Waals surface area contributed by atoms with Gasteiger partial charge in [0.2, 0.25) is 0 Å². The predicted molar refractivity (Wildman–Crippen MR) is 186 cm³/mol. The van der Waals surface area contributed by atoms with Crippen molar-refractivity contribution in [1.82, 2.24) is 0 Å². The molecule has 0 radical (unpaired) electrons. The number of hydrogen-bond acceptors (Lipinski definition) is 11. The van der Waals surface area contributed by atoms with Gasteiger partial charge >= 0.3 is 29.8 Å². The lowest BCUT2D eigenvalue weighted by atomic mass is 9.42. The van der Waals surface area contributed by atoms with Crippen LogP contribution in [0.5, 0.6) is 0 Å². The zero-order chi connectivity index (χ0) is 37.5. The number of benzene rings is 3. The van der Waals surface area contributed by atoms with Crippen LogP contribution in [0.1, 0.15) is 85.0 Å². The third-order valence-corrected chi connectivity index (χ3v) is 11.4. The molecule has 274 valence electrons. The zero-order valence-electron chi connectivity index (χ0n) is 29.9. The van der Waals surface area contributed by atoms with Gasteiger partial charge in [-0.15, -0.1) is 0 Å². The number of carbonyl (C=O) groups excluding carboxylic acids is 5. The van der Waals surface area contributed by atoms with Gasteiger partial charge in [0.05, 0.1) is 33.1 Å². The van der Waals surface area contributed by atoms with Crippen molar-refractivity contribution in [3.63, 3.8) is 0 Å². The molecule has 0 amide bonds. The van der Waals surface area contributed by atoms with Crippen LogP contribution in [0.3, 0.4) is 0 Å². The lowest BCUT2D eigenvalue weighted by Gasteiger charge is -2.67. The normalized spacial score (nSPS) is 31.3. The second-order valence-electron chi connectivity index (χ2n) is 15.0. The molecule has 52 heavy (non-hydrogen) atoms. The monoisotopic (exact) mass is 712 g/mol. The molecule has 2 bridgehead atoms. The van der Waals surface area contributed by atoms with Gasteiger partial charge in [0.15, 0.2) is 6.10 Å². The third kappa shape index (κ3) is 6.14. The van der Waals surface area contributed by atoms with Crippen molar-refractivity contribution in [3.05, 3.63) is 108 Å². The van der Waals surface area contributed by atoms with Gasteiger partial charge in [0.1, 0.15) is 24.9 Å². The highest BCUT2D eigenvalue weighted by Gasteiger charge is 2.85. The van der Waals surface area contributed by atoms with Gasteiger partial charge in [-0.2, -0.15) is 0 Å². The highest BCUT2D eigenvalue weighted by atomic mass is 16.6. The molecule has 3 aromatic carbocycles. The van der Waals surface area contributed by atoms with Crippen molar-refractivity contribution in [2.75, 3.05) is 6.61 Å². The molecular weight excluding hydrogens is 668 g/mol. The molecular formula is C41H44O11. The lowest BCUT2D eigenvalue weighted by molar-refractivity contribution is -0.326. The van der Waals surface area contributed by atoms with Crippen molar-refractivity contribution in [3.8, 4) is 0 Å². The van der Waals surface area contributed by atoms with Gasteiger partial charge in [-0.3, -0.25) is 9.59 Å². The molecule has 0 saturated heterocycles. The van der Waals surface area contributed by atoms with E-state index in [2.05, 4.69) is 0 Å². The van der Waals surface area contributed by atoms with E-state index in [1.165, 1.54) is 13.8 Å². The first-order valence-corrected chi connectivity index (χ1v) is 17.5. The Morgan fingerprint density at radius 1 is 0.654 bits per heavy atom. The van der Waals surface area contributed by atoms with Crippen LogP contribution in [0.25, 0.3) is 0 Å². The number of esters is 5. The summed E-state index contributed by atoms with van der Waals surface area (Å²) in [7, 11) is 0. The van der Waals surface area contributed by atoms with Crippen LogP contribution in [-0.4, -0.2) is 71.6 Å². The minimum atomic E-state index is -1.83. The van der Waals surface area contributed by atoms with E-state index in [1.54, 1.807) is 97.9 Å². The van der Waals surface area contributed by atoms with Gasteiger partial charge in [-0.25, -0.2) is 14.4 Å². The summed E-state index contributed by atoms with van der Waals surface area (Å²) in [4.78, 5) is 68.0. The summed E-state index contributed by atoms with van der Waals surface area (Å²) >= 11 is 0. The van der Waals surface area contributed by atoms with E-state index < -0.39 is 88.6 Å². The molecule has 8 atom stereocenters. The smallest absolute Gasteiger partial charge is 0.338 e. The average Bonchev–Trinajstić information content (AvgIpc) is 3.31. The highest BCUT2D eigenvalue weighted by molar-refractivity contribution is 5.91. The maximum atomic E-state index is 14.2. The molecule has 0 heterocycles. The van der Waals surface area contributed by atoms with E-state index in [9.17, 15) is 29.1 Å². The van der Waals surface area contributed by atoms with E-state index in [0.717, 1.165) is 0 Å². The summed E-state index contributed by atoms with van der Waals surface area (Å²) in [6.07, 6.45) is -5.00. The maximum Gasteiger partial charge on any atom is 0.338 e.